The van der Waals surface area contributed by atoms with Crippen LogP contribution in [0.3, 0.4) is 0 Å². The summed E-state index contributed by atoms with van der Waals surface area (Å²) >= 11 is 0. The second-order valence-corrected chi connectivity index (χ2v) is 3.38. The minimum atomic E-state index is -0.594. The van der Waals surface area contributed by atoms with Crippen molar-refractivity contribution in [3.63, 3.8) is 0 Å². The molecule has 2 aromatic rings. The Balaban J connectivity index is 2.45. The number of hydrogen-bond acceptors (Lipinski definition) is 2. The molecule has 1 atom stereocenters. The molecule has 0 aliphatic rings. The van der Waals surface area contributed by atoms with Crippen LogP contribution in [0.5, 0.6) is 0 Å². The van der Waals surface area contributed by atoms with Gasteiger partial charge in [0.25, 0.3) is 0 Å². The molecule has 0 amide bonds. The van der Waals surface area contributed by atoms with E-state index in [0.717, 1.165) is 11.3 Å². The van der Waals surface area contributed by atoms with Crippen molar-refractivity contribution in [1.29, 1.82) is 0 Å². The Morgan fingerprint density at radius 2 is 2.00 bits per heavy atom. The molecule has 0 aliphatic carbocycles. The molecule has 1 heterocycles. The van der Waals surface area contributed by atoms with Gasteiger partial charge in [-0.05, 0) is 31.2 Å². The number of nitrogens with zero attached hydrogens (tertiary/aromatic N) is 1. The monoisotopic (exact) mass is 206 g/mol. The van der Waals surface area contributed by atoms with Gasteiger partial charge < -0.3 is 5.11 Å². The van der Waals surface area contributed by atoms with Crippen molar-refractivity contribution < 1.29 is 9.50 Å². The highest BCUT2D eigenvalue weighted by Gasteiger charge is 2.11. The Hall–Kier alpha value is -1.68. The average molecular weight is 206 g/mol. The average Bonchev–Trinajstić information content (AvgIpc) is 2.67. The molecule has 1 aromatic carbocycles. The number of aliphatic hydroxyl groups is 1. The molecule has 4 heteroatoms. The molecule has 15 heavy (non-hydrogen) atoms. The molecule has 0 fully saturated rings. The molecular formula is C11H11FN2O. The minimum Gasteiger partial charge on any atom is -0.389 e. The van der Waals surface area contributed by atoms with E-state index in [4.69, 9.17) is 0 Å². The van der Waals surface area contributed by atoms with Gasteiger partial charge in [0, 0.05) is 11.1 Å². The number of benzene rings is 1. The fourth-order valence-corrected chi connectivity index (χ4v) is 1.46. The first kappa shape index (κ1) is 9.86. The Morgan fingerprint density at radius 3 is 2.60 bits per heavy atom. The molecule has 0 bridgehead atoms. The van der Waals surface area contributed by atoms with Gasteiger partial charge in [-0.3, -0.25) is 5.10 Å². The van der Waals surface area contributed by atoms with E-state index in [-0.39, 0.29) is 5.82 Å². The summed E-state index contributed by atoms with van der Waals surface area (Å²) in [4.78, 5) is 0. The Bertz CT molecular complexity index is 448. The third kappa shape index (κ3) is 1.89. The standard InChI is InChI=1S/C11H11FN2O/c1-7(15)10-6-13-14-11(10)8-2-4-9(12)5-3-8/h2-7,15H,1H3,(H,13,14)/t7-/m1/s1. The molecule has 0 spiro atoms. The number of nitrogens with one attached hydrogen (secondary N) is 1. The number of aliphatic hydroxyl groups excluding tert-OH is 1. The molecular weight excluding hydrogens is 195 g/mol. The van der Waals surface area contributed by atoms with E-state index in [9.17, 15) is 9.50 Å². The lowest BCUT2D eigenvalue weighted by Gasteiger charge is -2.05. The first-order valence-electron chi connectivity index (χ1n) is 4.66. The van der Waals surface area contributed by atoms with Gasteiger partial charge in [0.15, 0.2) is 0 Å². The second kappa shape index (κ2) is 3.82. The quantitative estimate of drug-likeness (QED) is 0.791. The smallest absolute Gasteiger partial charge is 0.123 e. The Morgan fingerprint density at radius 1 is 1.33 bits per heavy atom. The number of H-pyrrole nitrogens is 1. The van der Waals surface area contributed by atoms with Crippen molar-refractivity contribution in [2.75, 3.05) is 0 Å². The number of halogens is 1. The summed E-state index contributed by atoms with van der Waals surface area (Å²) in [5.41, 5.74) is 2.25. The number of rotatable bonds is 2. The van der Waals surface area contributed by atoms with E-state index >= 15 is 0 Å². The molecule has 78 valence electrons. The lowest BCUT2D eigenvalue weighted by Crippen LogP contribution is -1.92. The predicted octanol–water partition coefficient (Wildman–Crippen LogP) is 2.27. The zero-order valence-electron chi connectivity index (χ0n) is 8.24. The molecule has 3 nitrogen and oxygen atoms in total. The topological polar surface area (TPSA) is 48.9 Å². The van der Waals surface area contributed by atoms with Gasteiger partial charge in [0.1, 0.15) is 5.82 Å². The third-order valence-corrected chi connectivity index (χ3v) is 2.25. The molecule has 2 N–H and O–H groups in total. The second-order valence-electron chi connectivity index (χ2n) is 3.38. The molecule has 0 radical (unpaired) electrons. The van der Waals surface area contributed by atoms with Gasteiger partial charge in [-0.25, -0.2) is 4.39 Å². The summed E-state index contributed by atoms with van der Waals surface area (Å²) < 4.78 is 12.7. The third-order valence-electron chi connectivity index (χ3n) is 2.25. The van der Waals surface area contributed by atoms with Crippen LogP contribution >= 0.6 is 0 Å². The van der Waals surface area contributed by atoms with Crippen LogP contribution in [0.2, 0.25) is 0 Å². The summed E-state index contributed by atoms with van der Waals surface area (Å²) in [7, 11) is 0. The lowest BCUT2D eigenvalue weighted by atomic mass is 10.1. The predicted molar refractivity (Wildman–Crippen MR) is 54.6 cm³/mol. The van der Waals surface area contributed by atoms with Crippen LogP contribution in [0.1, 0.15) is 18.6 Å². The molecule has 0 aliphatic heterocycles. The summed E-state index contributed by atoms with van der Waals surface area (Å²) in [5, 5.41) is 16.1. The fourth-order valence-electron chi connectivity index (χ4n) is 1.46. The van der Waals surface area contributed by atoms with Crippen molar-refractivity contribution in [1.82, 2.24) is 10.2 Å². The van der Waals surface area contributed by atoms with Crippen LogP contribution in [0.25, 0.3) is 11.3 Å². The zero-order valence-corrected chi connectivity index (χ0v) is 8.24. The molecule has 0 saturated heterocycles. The highest BCUT2D eigenvalue weighted by Crippen LogP contribution is 2.25. The van der Waals surface area contributed by atoms with Gasteiger partial charge in [-0.2, -0.15) is 5.10 Å². The van der Waals surface area contributed by atoms with E-state index in [1.165, 1.54) is 12.1 Å². The number of aromatic nitrogens is 2. The molecule has 0 saturated carbocycles. The van der Waals surface area contributed by atoms with Crippen molar-refractivity contribution in [2.24, 2.45) is 0 Å². The SMILES string of the molecule is C[C@@H](O)c1cn[nH]c1-c1ccc(F)cc1. The van der Waals surface area contributed by atoms with Gasteiger partial charge >= 0.3 is 0 Å². The summed E-state index contributed by atoms with van der Waals surface area (Å²) in [6, 6.07) is 6.05. The van der Waals surface area contributed by atoms with Crippen molar-refractivity contribution in [3.8, 4) is 11.3 Å². The van der Waals surface area contributed by atoms with E-state index < -0.39 is 6.10 Å². The summed E-state index contributed by atoms with van der Waals surface area (Å²) in [5.74, 6) is -0.281. The van der Waals surface area contributed by atoms with E-state index in [1.807, 2.05) is 0 Å². The maximum Gasteiger partial charge on any atom is 0.123 e. The largest absolute Gasteiger partial charge is 0.389 e. The highest BCUT2D eigenvalue weighted by molar-refractivity contribution is 5.62. The van der Waals surface area contributed by atoms with Crippen molar-refractivity contribution in [2.45, 2.75) is 13.0 Å². The molecule has 2 rings (SSSR count). The lowest BCUT2D eigenvalue weighted by molar-refractivity contribution is 0.200. The first-order chi connectivity index (χ1) is 7.18. The Kier molecular flexibility index (Phi) is 2.51. The van der Waals surface area contributed by atoms with Crippen molar-refractivity contribution in [3.05, 3.63) is 41.8 Å². The summed E-state index contributed by atoms with van der Waals surface area (Å²) in [6.07, 6.45) is 0.979. The molecule has 0 unspecified atom stereocenters. The maximum atomic E-state index is 12.7. The van der Waals surface area contributed by atoms with Gasteiger partial charge in [0.2, 0.25) is 0 Å². The van der Waals surface area contributed by atoms with Gasteiger partial charge in [0.05, 0.1) is 18.0 Å². The van der Waals surface area contributed by atoms with Crippen LogP contribution in [-0.2, 0) is 0 Å². The highest BCUT2D eigenvalue weighted by atomic mass is 19.1. The van der Waals surface area contributed by atoms with Gasteiger partial charge in [-0.15, -0.1) is 0 Å². The van der Waals surface area contributed by atoms with Crippen LogP contribution in [-0.4, -0.2) is 15.3 Å². The molecule has 1 aromatic heterocycles. The van der Waals surface area contributed by atoms with Crippen LogP contribution < -0.4 is 0 Å². The van der Waals surface area contributed by atoms with Crippen LogP contribution in [0.15, 0.2) is 30.5 Å². The summed E-state index contributed by atoms with van der Waals surface area (Å²) in [6.45, 7) is 1.66. The number of hydrogen-bond donors (Lipinski definition) is 2. The van der Waals surface area contributed by atoms with Crippen LogP contribution in [0, 0.1) is 5.82 Å². The van der Waals surface area contributed by atoms with E-state index in [2.05, 4.69) is 10.2 Å². The minimum absolute atomic E-state index is 0.281. The van der Waals surface area contributed by atoms with Crippen LogP contribution in [0.4, 0.5) is 4.39 Å². The van der Waals surface area contributed by atoms with Gasteiger partial charge in [-0.1, -0.05) is 0 Å². The van der Waals surface area contributed by atoms with E-state index in [1.54, 1.807) is 25.3 Å². The first-order valence-corrected chi connectivity index (χ1v) is 4.66. The fraction of sp³-hybridized carbons (Fsp3) is 0.182. The van der Waals surface area contributed by atoms with Crippen molar-refractivity contribution >= 4 is 0 Å². The maximum absolute atomic E-state index is 12.7. The Labute approximate surface area is 86.6 Å². The van der Waals surface area contributed by atoms with E-state index in [0.29, 0.717) is 5.56 Å². The number of aromatic amines is 1. The zero-order chi connectivity index (χ0) is 10.8. The normalized spacial score (nSPS) is 12.7.